The maximum Gasteiger partial charge on any atom is 0.309 e. The van der Waals surface area contributed by atoms with E-state index in [0.717, 1.165) is 37.7 Å². The van der Waals surface area contributed by atoms with E-state index in [2.05, 4.69) is 20.1 Å². The van der Waals surface area contributed by atoms with Crippen molar-refractivity contribution >= 4 is 5.97 Å². The van der Waals surface area contributed by atoms with E-state index in [1.807, 2.05) is 13.0 Å². The maximum absolute atomic E-state index is 11.9. The van der Waals surface area contributed by atoms with E-state index in [-0.39, 0.29) is 17.3 Å². The number of aliphatic carboxylic acids is 1. The molecule has 2 aliphatic carbocycles. The predicted molar refractivity (Wildman–Crippen MR) is 93.0 cm³/mol. The molecule has 0 aromatic heterocycles. The van der Waals surface area contributed by atoms with Gasteiger partial charge in [-0.1, -0.05) is 50.3 Å². The molecule has 0 spiro atoms. The van der Waals surface area contributed by atoms with Crippen LogP contribution in [0.3, 0.4) is 0 Å². The van der Waals surface area contributed by atoms with Crippen LogP contribution in [0.15, 0.2) is 37.0 Å². The van der Waals surface area contributed by atoms with Gasteiger partial charge in [-0.05, 0) is 50.9 Å². The van der Waals surface area contributed by atoms with Gasteiger partial charge in [0.25, 0.3) is 0 Å². The average molecular weight is 318 g/mol. The zero-order valence-electron chi connectivity index (χ0n) is 14.6. The number of carboxylic acid groups (broad SMARTS) is 1. The highest BCUT2D eigenvalue weighted by Crippen LogP contribution is 2.61. The molecule has 0 radical (unpaired) electrons. The minimum absolute atomic E-state index is 0.103. The summed E-state index contributed by atoms with van der Waals surface area (Å²) in [6.45, 7) is 13.7. The van der Waals surface area contributed by atoms with Gasteiger partial charge in [0.15, 0.2) is 0 Å². The van der Waals surface area contributed by atoms with E-state index < -0.39 is 17.0 Å². The van der Waals surface area contributed by atoms with Gasteiger partial charge in [-0.3, -0.25) is 4.79 Å². The molecule has 0 heterocycles. The fourth-order valence-electron chi connectivity index (χ4n) is 4.86. The lowest BCUT2D eigenvalue weighted by molar-refractivity contribution is -0.162. The molecule has 0 bridgehead atoms. The molecule has 2 fully saturated rings. The summed E-state index contributed by atoms with van der Waals surface area (Å²) in [5.74, 6) is -0.441. The number of hydrogen-bond donors (Lipinski definition) is 2. The molecule has 3 nitrogen and oxygen atoms in total. The quantitative estimate of drug-likeness (QED) is 0.758. The molecule has 2 aliphatic rings. The maximum atomic E-state index is 11.9. The molecule has 3 heteroatoms. The molecular weight excluding hydrogens is 288 g/mol. The van der Waals surface area contributed by atoms with Gasteiger partial charge in [-0.25, -0.2) is 0 Å². The Bertz CT molecular complexity index is 545. The van der Waals surface area contributed by atoms with E-state index in [9.17, 15) is 15.0 Å². The van der Waals surface area contributed by atoms with E-state index in [4.69, 9.17) is 0 Å². The SMILES string of the molecule is C=CC(C)(O)C=CC1C(=C)CCC2C(C)(C(=O)O)CCCC12C. The van der Waals surface area contributed by atoms with Crippen LogP contribution in [-0.4, -0.2) is 21.8 Å². The normalized spacial score (nSPS) is 40.4. The number of carbonyl (C=O) groups is 1. The third-order valence-electron chi connectivity index (χ3n) is 6.41. The van der Waals surface area contributed by atoms with Crippen LogP contribution < -0.4 is 0 Å². The molecule has 5 unspecified atom stereocenters. The van der Waals surface area contributed by atoms with Gasteiger partial charge in [-0.15, -0.1) is 0 Å². The number of rotatable bonds is 4. The molecule has 23 heavy (non-hydrogen) atoms. The van der Waals surface area contributed by atoms with Crippen molar-refractivity contribution < 1.29 is 15.0 Å². The Kier molecular flexibility index (Phi) is 4.64. The van der Waals surface area contributed by atoms with Gasteiger partial charge >= 0.3 is 5.97 Å². The summed E-state index contributed by atoms with van der Waals surface area (Å²) in [7, 11) is 0. The molecule has 0 aliphatic heterocycles. The molecule has 128 valence electrons. The summed E-state index contributed by atoms with van der Waals surface area (Å²) in [5.41, 5.74) is -0.682. The molecule has 0 aromatic carbocycles. The molecule has 0 saturated heterocycles. The summed E-state index contributed by atoms with van der Waals surface area (Å²) in [6, 6.07) is 0. The lowest BCUT2D eigenvalue weighted by atomic mass is 9.47. The monoisotopic (exact) mass is 318 g/mol. The Hall–Kier alpha value is -1.35. The summed E-state index contributed by atoms with van der Waals surface area (Å²) in [4.78, 5) is 11.9. The highest BCUT2D eigenvalue weighted by molar-refractivity contribution is 5.75. The fourth-order valence-corrected chi connectivity index (χ4v) is 4.86. The number of hydrogen-bond acceptors (Lipinski definition) is 2. The van der Waals surface area contributed by atoms with Crippen molar-refractivity contribution in [1.29, 1.82) is 0 Å². The van der Waals surface area contributed by atoms with E-state index >= 15 is 0 Å². The van der Waals surface area contributed by atoms with Crippen molar-refractivity contribution in [1.82, 2.24) is 0 Å². The second-order valence-electron chi connectivity index (χ2n) is 8.10. The van der Waals surface area contributed by atoms with Crippen molar-refractivity contribution in [3.05, 3.63) is 37.0 Å². The zero-order chi connectivity index (χ0) is 17.5. The molecule has 5 atom stereocenters. The summed E-state index contributed by atoms with van der Waals surface area (Å²) >= 11 is 0. The van der Waals surface area contributed by atoms with Crippen LogP contribution in [0.5, 0.6) is 0 Å². The first kappa shape index (κ1) is 18.0. The van der Waals surface area contributed by atoms with E-state index in [1.165, 1.54) is 6.08 Å². The van der Waals surface area contributed by atoms with Gasteiger partial charge < -0.3 is 10.2 Å². The standard InChI is InChI=1S/C20H30O3/c1-6-18(3,23)13-10-15-14(2)8-9-16-19(15,4)11-7-12-20(16,5)17(21)22/h6,10,13,15-16,23H,1-2,7-9,11-12H2,3-5H3,(H,21,22). The topological polar surface area (TPSA) is 57.5 Å². The van der Waals surface area contributed by atoms with Crippen LogP contribution in [0.25, 0.3) is 0 Å². The molecule has 2 rings (SSSR count). The number of fused-ring (bicyclic) bond motifs is 1. The van der Waals surface area contributed by atoms with Gasteiger partial charge in [0.1, 0.15) is 0 Å². The minimum Gasteiger partial charge on any atom is -0.481 e. The fraction of sp³-hybridized carbons (Fsp3) is 0.650. The molecule has 0 amide bonds. The largest absolute Gasteiger partial charge is 0.481 e. The highest BCUT2D eigenvalue weighted by Gasteiger charge is 2.57. The van der Waals surface area contributed by atoms with E-state index in [1.54, 1.807) is 13.0 Å². The van der Waals surface area contributed by atoms with Gasteiger partial charge in [0.05, 0.1) is 11.0 Å². The van der Waals surface area contributed by atoms with Crippen LogP contribution in [0.2, 0.25) is 0 Å². The Labute approximate surface area is 139 Å². The summed E-state index contributed by atoms with van der Waals surface area (Å²) < 4.78 is 0. The molecule has 2 saturated carbocycles. The summed E-state index contributed by atoms with van der Waals surface area (Å²) in [6.07, 6.45) is 9.73. The van der Waals surface area contributed by atoms with Crippen molar-refractivity contribution in [2.45, 2.75) is 58.5 Å². The van der Waals surface area contributed by atoms with Crippen LogP contribution in [0, 0.1) is 22.7 Å². The summed E-state index contributed by atoms with van der Waals surface area (Å²) in [5, 5.41) is 20.0. The first-order chi connectivity index (χ1) is 10.6. The van der Waals surface area contributed by atoms with E-state index in [0.29, 0.717) is 0 Å². The Morgan fingerprint density at radius 3 is 2.61 bits per heavy atom. The Balaban J connectivity index is 2.41. The smallest absolute Gasteiger partial charge is 0.309 e. The van der Waals surface area contributed by atoms with Crippen molar-refractivity contribution in [2.24, 2.45) is 22.7 Å². The third kappa shape index (κ3) is 3.03. The zero-order valence-corrected chi connectivity index (χ0v) is 14.6. The number of aliphatic hydroxyl groups is 1. The molecular formula is C20H30O3. The van der Waals surface area contributed by atoms with Gasteiger partial charge in [0, 0.05) is 5.92 Å². The average Bonchev–Trinajstić information content (AvgIpc) is 2.46. The molecule has 2 N–H and O–H groups in total. The molecule has 0 aromatic rings. The van der Waals surface area contributed by atoms with Gasteiger partial charge in [-0.2, -0.15) is 0 Å². The van der Waals surface area contributed by atoms with Crippen LogP contribution in [-0.2, 0) is 4.79 Å². The van der Waals surface area contributed by atoms with Crippen LogP contribution in [0.1, 0.15) is 52.9 Å². The third-order valence-corrected chi connectivity index (χ3v) is 6.41. The number of allylic oxidation sites excluding steroid dienone is 2. The van der Waals surface area contributed by atoms with Crippen molar-refractivity contribution in [2.75, 3.05) is 0 Å². The predicted octanol–water partition coefficient (Wildman–Crippen LogP) is 4.34. The first-order valence-electron chi connectivity index (χ1n) is 8.53. The second-order valence-corrected chi connectivity index (χ2v) is 8.10. The lowest BCUT2D eigenvalue weighted by Gasteiger charge is -2.56. The van der Waals surface area contributed by atoms with Crippen molar-refractivity contribution in [3.8, 4) is 0 Å². The van der Waals surface area contributed by atoms with Gasteiger partial charge in [0.2, 0.25) is 0 Å². The van der Waals surface area contributed by atoms with Crippen molar-refractivity contribution in [3.63, 3.8) is 0 Å². The number of carboxylic acids is 1. The lowest BCUT2D eigenvalue weighted by Crippen LogP contribution is -2.53. The Morgan fingerprint density at radius 1 is 1.39 bits per heavy atom. The first-order valence-corrected chi connectivity index (χ1v) is 8.53. The second kappa shape index (κ2) is 5.94. The highest BCUT2D eigenvalue weighted by atomic mass is 16.4. The van der Waals surface area contributed by atoms with Crippen LogP contribution in [0.4, 0.5) is 0 Å². The minimum atomic E-state index is -1.05. The Morgan fingerprint density at radius 2 is 2.04 bits per heavy atom. The van der Waals surface area contributed by atoms with Crippen LogP contribution >= 0.6 is 0 Å².